The average Bonchev–Trinajstić information content (AvgIpc) is 2.42. The molecule has 128 valence electrons. The molecule has 0 spiro atoms. The van der Waals surface area contributed by atoms with E-state index in [1.807, 2.05) is 25.7 Å². The Bertz CT molecular complexity index is 573. The van der Waals surface area contributed by atoms with E-state index >= 15 is 0 Å². The summed E-state index contributed by atoms with van der Waals surface area (Å²) in [4.78, 5) is 14.2. The first-order valence-electron chi connectivity index (χ1n) is 8.74. The fourth-order valence-corrected chi connectivity index (χ4v) is 3.17. The molecule has 1 aromatic rings. The number of hydrogen-bond donors (Lipinski definition) is 0. The minimum atomic E-state index is -0.430. The largest absolute Gasteiger partial charge is 0.444 e. The minimum Gasteiger partial charge on any atom is -0.444 e. The highest BCUT2D eigenvalue weighted by atomic mass is 16.6. The molecular formula is C20H31NO2. The summed E-state index contributed by atoms with van der Waals surface area (Å²) in [6.45, 7) is 13.1. The van der Waals surface area contributed by atoms with E-state index in [0.717, 1.165) is 32.2 Å². The lowest BCUT2D eigenvalue weighted by molar-refractivity contribution is -0.0404. The molecule has 0 aliphatic carbocycles. The third-order valence-electron chi connectivity index (χ3n) is 4.89. The minimum absolute atomic E-state index is 0.0698. The molecule has 1 saturated heterocycles. The molecule has 1 atom stereocenters. The first-order valence-corrected chi connectivity index (χ1v) is 8.74. The summed E-state index contributed by atoms with van der Waals surface area (Å²) in [5.74, 6) is 0. The lowest BCUT2D eigenvalue weighted by atomic mass is 9.81. The summed E-state index contributed by atoms with van der Waals surface area (Å²) >= 11 is 0. The molecule has 1 aliphatic heterocycles. The van der Waals surface area contributed by atoms with E-state index in [4.69, 9.17) is 4.74 Å². The molecule has 0 N–H and O–H groups in total. The maximum atomic E-state index is 12.3. The van der Waals surface area contributed by atoms with E-state index in [-0.39, 0.29) is 11.6 Å². The first kappa shape index (κ1) is 17.8. The third-order valence-corrected chi connectivity index (χ3v) is 4.89. The fourth-order valence-electron chi connectivity index (χ4n) is 3.17. The average molecular weight is 317 g/mol. The molecule has 1 fully saturated rings. The van der Waals surface area contributed by atoms with Crippen molar-refractivity contribution in [2.75, 3.05) is 6.54 Å². The molecule has 1 heterocycles. The van der Waals surface area contributed by atoms with Gasteiger partial charge in [-0.2, -0.15) is 0 Å². The van der Waals surface area contributed by atoms with Crippen LogP contribution in [0.1, 0.15) is 64.2 Å². The van der Waals surface area contributed by atoms with Gasteiger partial charge in [-0.25, -0.2) is 4.79 Å². The van der Waals surface area contributed by atoms with Gasteiger partial charge in [0.2, 0.25) is 0 Å². The van der Waals surface area contributed by atoms with Crippen LogP contribution in [-0.4, -0.2) is 28.7 Å². The Kier molecular flexibility index (Phi) is 5.07. The van der Waals surface area contributed by atoms with Gasteiger partial charge in [-0.05, 0) is 77.0 Å². The number of likely N-dealkylation sites (tertiary alicyclic amines) is 1. The molecule has 0 bridgehead atoms. The Morgan fingerprint density at radius 1 is 1.35 bits per heavy atom. The van der Waals surface area contributed by atoms with E-state index in [9.17, 15) is 4.79 Å². The van der Waals surface area contributed by atoms with Gasteiger partial charge in [-0.1, -0.05) is 25.1 Å². The van der Waals surface area contributed by atoms with Crippen LogP contribution in [-0.2, 0) is 17.6 Å². The SMILES string of the molecule is CCc1cc(CCC2(C)CCN2C(=O)OC(C)(C)C)ccc1C. The zero-order valence-corrected chi connectivity index (χ0v) is 15.5. The molecule has 1 amide bonds. The number of hydrogen-bond acceptors (Lipinski definition) is 2. The van der Waals surface area contributed by atoms with E-state index < -0.39 is 5.60 Å². The molecule has 3 heteroatoms. The van der Waals surface area contributed by atoms with Crippen molar-refractivity contribution < 1.29 is 9.53 Å². The number of ether oxygens (including phenoxy) is 1. The van der Waals surface area contributed by atoms with Crippen LogP contribution >= 0.6 is 0 Å². The van der Waals surface area contributed by atoms with Crippen molar-refractivity contribution in [2.45, 2.75) is 78.4 Å². The highest BCUT2D eigenvalue weighted by molar-refractivity contribution is 5.70. The highest BCUT2D eigenvalue weighted by Gasteiger charge is 2.44. The van der Waals surface area contributed by atoms with Crippen LogP contribution in [0.3, 0.4) is 0 Å². The van der Waals surface area contributed by atoms with Crippen LogP contribution in [0.5, 0.6) is 0 Å². The van der Waals surface area contributed by atoms with E-state index in [1.54, 1.807) is 0 Å². The normalized spacial score (nSPS) is 21.0. The first-order chi connectivity index (χ1) is 10.6. The number of carbonyl (C=O) groups is 1. The van der Waals surface area contributed by atoms with Crippen LogP contribution < -0.4 is 0 Å². The van der Waals surface area contributed by atoms with Crippen LogP contribution in [0.15, 0.2) is 18.2 Å². The van der Waals surface area contributed by atoms with Gasteiger partial charge in [0.1, 0.15) is 5.60 Å². The zero-order chi connectivity index (χ0) is 17.3. The number of amides is 1. The van der Waals surface area contributed by atoms with Gasteiger partial charge in [0, 0.05) is 12.1 Å². The van der Waals surface area contributed by atoms with Gasteiger partial charge < -0.3 is 9.64 Å². The van der Waals surface area contributed by atoms with E-state index in [2.05, 4.69) is 39.0 Å². The van der Waals surface area contributed by atoms with Crippen LogP contribution in [0.2, 0.25) is 0 Å². The van der Waals surface area contributed by atoms with E-state index in [1.165, 1.54) is 16.7 Å². The van der Waals surface area contributed by atoms with Gasteiger partial charge in [0.05, 0.1) is 0 Å². The Balaban J connectivity index is 1.98. The second-order valence-corrected chi connectivity index (χ2v) is 7.99. The number of aryl methyl sites for hydroxylation is 3. The van der Waals surface area contributed by atoms with Crippen molar-refractivity contribution >= 4 is 6.09 Å². The van der Waals surface area contributed by atoms with Crippen LogP contribution in [0.4, 0.5) is 4.79 Å². The monoisotopic (exact) mass is 317 g/mol. The molecule has 1 aromatic carbocycles. The predicted octanol–water partition coefficient (Wildman–Crippen LogP) is 4.89. The zero-order valence-electron chi connectivity index (χ0n) is 15.5. The summed E-state index contributed by atoms with van der Waals surface area (Å²) in [6, 6.07) is 6.74. The second kappa shape index (κ2) is 6.54. The molecule has 0 aromatic heterocycles. The molecule has 1 unspecified atom stereocenters. The number of benzene rings is 1. The van der Waals surface area contributed by atoms with Crippen molar-refractivity contribution in [1.29, 1.82) is 0 Å². The summed E-state index contributed by atoms with van der Waals surface area (Å²) in [6.07, 6.45) is 3.94. The lowest BCUT2D eigenvalue weighted by Crippen LogP contribution is -2.61. The Morgan fingerprint density at radius 2 is 2.04 bits per heavy atom. The summed E-state index contributed by atoms with van der Waals surface area (Å²) < 4.78 is 5.53. The predicted molar refractivity (Wildman–Crippen MR) is 94.8 cm³/mol. The second-order valence-electron chi connectivity index (χ2n) is 7.99. The standard InChI is InChI=1S/C20H31NO2/c1-7-17-14-16(9-8-15(17)2)10-11-20(6)12-13-21(20)18(22)23-19(3,4)5/h8-9,14H,7,10-13H2,1-6H3. The third kappa shape index (κ3) is 4.27. The van der Waals surface area contributed by atoms with E-state index in [0.29, 0.717) is 0 Å². The van der Waals surface area contributed by atoms with Gasteiger partial charge >= 0.3 is 6.09 Å². The van der Waals surface area contributed by atoms with Gasteiger partial charge in [-0.15, -0.1) is 0 Å². The number of rotatable bonds is 4. The van der Waals surface area contributed by atoms with Gasteiger partial charge in [0.25, 0.3) is 0 Å². The molecule has 0 saturated carbocycles. The fraction of sp³-hybridized carbons (Fsp3) is 0.650. The smallest absolute Gasteiger partial charge is 0.410 e. The van der Waals surface area contributed by atoms with Crippen LogP contribution in [0, 0.1) is 6.92 Å². The highest BCUT2D eigenvalue weighted by Crippen LogP contribution is 2.36. The molecule has 1 aliphatic rings. The molecule has 3 nitrogen and oxygen atoms in total. The van der Waals surface area contributed by atoms with Crippen molar-refractivity contribution in [3.63, 3.8) is 0 Å². The number of nitrogens with zero attached hydrogens (tertiary/aromatic N) is 1. The quantitative estimate of drug-likeness (QED) is 0.791. The molecule has 23 heavy (non-hydrogen) atoms. The topological polar surface area (TPSA) is 29.5 Å². The summed E-state index contributed by atoms with van der Waals surface area (Å²) in [7, 11) is 0. The Morgan fingerprint density at radius 3 is 2.57 bits per heavy atom. The maximum Gasteiger partial charge on any atom is 0.410 e. The van der Waals surface area contributed by atoms with Crippen LogP contribution in [0.25, 0.3) is 0 Å². The number of carbonyl (C=O) groups excluding carboxylic acids is 1. The molecule has 2 rings (SSSR count). The molecular weight excluding hydrogens is 286 g/mol. The van der Waals surface area contributed by atoms with Crippen molar-refractivity contribution in [3.8, 4) is 0 Å². The Hall–Kier alpha value is -1.51. The van der Waals surface area contributed by atoms with Crippen molar-refractivity contribution in [3.05, 3.63) is 34.9 Å². The van der Waals surface area contributed by atoms with Crippen molar-refractivity contribution in [2.24, 2.45) is 0 Å². The molecule has 0 radical (unpaired) electrons. The maximum absolute atomic E-state index is 12.3. The van der Waals surface area contributed by atoms with Gasteiger partial charge in [-0.3, -0.25) is 0 Å². The lowest BCUT2D eigenvalue weighted by Gasteiger charge is -2.50. The van der Waals surface area contributed by atoms with Crippen molar-refractivity contribution in [1.82, 2.24) is 4.90 Å². The van der Waals surface area contributed by atoms with Gasteiger partial charge in [0.15, 0.2) is 0 Å². The summed E-state index contributed by atoms with van der Waals surface area (Å²) in [5.41, 5.74) is 3.65. The summed E-state index contributed by atoms with van der Waals surface area (Å²) in [5, 5.41) is 0. The Labute approximate surface area is 141 Å².